The fourth-order valence-electron chi connectivity index (χ4n) is 1.92. The van der Waals surface area contributed by atoms with Gasteiger partial charge in [0.15, 0.2) is 5.65 Å². The predicted molar refractivity (Wildman–Crippen MR) is 81.9 cm³/mol. The first-order valence-electron chi connectivity index (χ1n) is 6.68. The highest BCUT2D eigenvalue weighted by Gasteiger charge is 2.21. The maximum atomic E-state index is 12.2. The molecular weight excluding hydrogens is 304 g/mol. The summed E-state index contributed by atoms with van der Waals surface area (Å²) in [7, 11) is 1.49. The van der Waals surface area contributed by atoms with Gasteiger partial charge in [-0.15, -0.1) is 16.4 Å². The molecule has 0 saturated carbocycles. The molecule has 0 aliphatic carbocycles. The number of hydrogen-bond acceptors (Lipinski definition) is 7. The summed E-state index contributed by atoms with van der Waals surface area (Å²) in [4.78, 5) is 21.1. The lowest BCUT2D eigenvalue weighted by Gasteiger charge is -2.14. The predicted octanol–water partition coefficient (Wildman–Crippen LogP) is 1.31. The van der Waals surface area contributed by atoms with Crippen molar-refractivity contribution in [3.8, 4) is 10.7 Å². The van der Waals surface area contributed by atoms with Crippen LogP contribution in [0.25, 0.3) is 16.3 Å². The normalized spacial score (nSPS) is 12.2. The Bertz CT molecular complexity index is 873. The van der Waals surface area contributed by atoms with Gasteiger partial charge in [0.2, 0.25) is 0 Å². The Hall–Kier alpha value is -2.13. The molecule has 0 saturated heterocycles. The maximum absolute atomic E-state index is 12.2. The minimum Gasteiger partial charge on any atom is -0.362 e. The molecule has 0 amide bonds. The van der Waals surface area contributed by atoms with E-state index in [2.05, 4.69) is 41.1 Å². The number of imidazole rings is 1. The van der Waals surface area contributed by atoms with Gasteiger partial charge in [0.1, 0.15) is 23.8 Å². The van der Waals surface area contributed by atoms with Crippen LogP contribution in [0, 0.1) is 0 Å². The van der Waals surface area contributed by atoms with Crippen LogP contribution < -0.4 is 5.69 Å². The molecule has 3 aromatic heterocycles. The summed E-state index contributed by atoms with van der Waals surface area (Å²) in [5.41, 5.74) is 1.55. The highest BCUT2D eigenvalue weighted by Crippen LogP contribution is 2.30. The van der Waals surface area contributed by atoms with Gasteiger partial charge in [-0.2, -0.15) is 4.68 Å². The number of nitrogens with zero attached hydrogens (tertiary/aromatic N) is 6. The van der Waals surface area contributed by atoms with Gasteiger partial charge in [-0.25, -0.2) is 19.2 Å². The summed E-state index contributed by atoms with van der Waals surface area (Å²) < 4.78 is 7.38. The molecular formula is C13H16N6O2S. The zero-order chi connectivity index (χ0) is 15.9. The molecule has 0 aliphatic rings. The van der Waals surface area contributed by atoms with Crippen molar-refractivity contribution in [3.63, 3.8) is 0 Å². The number of rotatable bonds is 3. The van der Waals surface area contributed by atoms with Gasteiger partial charge in [0.05, 0.1) is 5.69 Å². The lowest BCUT2D eigenvalue weighted by atomic mass is 9.93. The van der Waals surface area contributed by atoms with Gasteiger partial charge >= 0.3 is 5.69 Å². The molecule has 3 aromatic rings. The molecule has 9 heteroatoms. The van der Waals surface area contributed by atoms with Crippen molar-refractivity contribution in [1.82, 2.24) is 29.4 Å². The summed E-state index contributed by atoms with van der Waals surface area (Å²) in [6.45, 7) is 6.34. The fourth-order valence-corrected chi connectivity index (χ4v) is 2.95. The van der Waals surface area contributed by atoms with Crippen LogP contribution in [0.2, 0.25) is 0 Å². The van der Waals surface area contributed by atoms with Crippen LogP contribution in [0.5, 0.6) is 0 Å². The first kappa shape index (κ1) is 14.8. The number of hydrogen-bond donors (Lipinski definition) is 0. The quantitative estimate of drug-likeness (QED) is 0.723. The molecule has 116 valence electrons. The molecule has 3 rings (SSSR count). The van der Waals surface area contributed by atoms with Crippen molar-refractivity contribution in [3.05, 3.63) is 27.9 Å². The summed E-state index contributed by atoms with van der Waals surface area (Å²) in [6.07, 6.45) is 1.44. The number of aromatic nitrogens is 6. The Morgan fingerprint density at radius 1 is 1.36 bits per heavy atom. The van der Waals surface area contributed by atoms with E-state index in [0.29, 0.717) is 11.3 Å². The third kappa shape index (κ3) is 2.42. The second-order valence-electron chi connectivity index (χ2n) is 5.86. The summed E-state index contributed by atoms with van der Waals surface area (Å²) in [5.74, 6) is 0. The minimum absolute atomic E-state index is 0.0405. The summed E-state index contributed by atoms with van der Waals surface area (Å²) in [5, 5.41) is 10.7. The van der Waals surface area contributed by atoms with Gasteiger partial charge < -0.3 is 4.74 Å². The van der Waals surface area contributed by atoms with Crippen molar-refractivity contribution in [2.75, 3.05) is 7.11 Å². The van der Waals surface area contributed by atoms with Crippen LogP contribution in [0.3, 0.4) is 0 Å². The highest BCUT2D eigenvalue weighted by atomic mass is 32.1. The minimum atomic E-state index is -0.349. The second kappa shape index (κ2) is 5.25. The Morgan fingerprint density at radius 3 is 2.77 bits per heavy atom. The molecule has 0 spiro atoms. The molecule has 22 heavy (non-hydrogen) atoms. The van der Waals surface area contributed by atoms with E-state index in [1.165, 1.54) is 29.2 Å². The largest absolute Gasteiger partial charge is 0.362 e. The zero-order valence-electron chi connectivity index (χ0n) is 12.8. The number of thiazole rings is 1. The number of ether oxygens (including phenoxy) is 1. The Labute approximate surface area is 130 Å². The third-order valence-electron chi connectivity index (χ3n) is 3.14. The van der Waals surface area contributed by atoms with Gasteiger partial charge in [0, 0.05) is 17.9 Å². The lowest BCUT2D eigenvalue weighted by molar-refractivity contribution is 0.111. The van der Waals surface area contributed by atoms with E-state index in [9.17, 15) is 4.79 Å². The average Bonchev–Trinajstić information content (AvgIpc) is 3.07. The molecule has 0 N–H and O–H groups in total. The molecule has 0 bridgehead atoms. The first-order chi connectivity index (χ1) is 10.4. The SMILES string of the molecule is COCn1nnc2c(-c3nc(C(C)(C)C)cs3)ncn2c1=O. The number of fused-ring (bicyclic) bond motifs is 1. The van der Waals surface area contributed by atoms with E-state index < -0.39 is 0 Å². The smallest absolute Gasteiger partial charge is 0.355 e. The van der Waals surface area contributed by atoms with Crippen molar-refractivity contribution in [2.24, 2.45) is 0 Å². The van der Waals surface area contributed by atoms with E-state index in [4.69, 9.17) is 4.74 Å². The van der Waals surface area contributed by atoms with E-state index in [0.717, 1.165) is 15.4 Å². The van der Waals surface area contributed by atoms with E-state index in [1.807, 2.05) is 5.38 Å². The topological polar surface area (TPSA) is 87.2 Å². The van der Waals surface area contributed by atoms with Gasteiger partial charge in [0.25, 0.3) is 0 Å². The molecule has 0 fully saturated rings. The van der Waals surface area contributed by atoms with E-state index >= 15 is 0 Å². The van der Waals surface area contributed by atoms with Crippen LogP contribution >= 0.6 is 11.3 Å². The molecule has 0 unspecified atom stereocenters. The van der Waals surface area contributed by atoms with Gasteiger partial charge in [-0.3, -0.25) is 0 Å². The molecule has 0 aliphatic heterocycles. The average molecular weight is 320 g/mol. The summed E-state index contributed by atoms with van der Waals surface area (Å²) >= 11 is 1.48. The van der Waals surface area contributed by atoms with Crippen LogP contribution in [0.4, 0.5) is 0 Å². The van der Waals surface area contributed by atoms with Crippen LogP contribution in [-0.4, -0.2) is 36.5 Å². The van der Waals surface area contributed by atoms with Gasteiger partial charge in [-0.05, 0) is 0 Å². The Balaban J connectivity index is 2.11. The molecule has 8 nitrogen and oxygen atoms in total. The van der Waals surface area contributed by atoms with Crippen molar-refractivity contribution in [2.45, 2.75) is 32.9 Å². The van der Waals surface area contributed by atoms with Crippen molar-refractivity contribution < 1.29 is 4.74 Å². The van der Waals surface area contributed by atoms with Crippen LogP contribution in [0.1, 0.15) is 26.5 Å². The molecule has 0 aromatic carbocycles. The maximum Gasteiger partial charge on any atom is 0.355 e. The Morgan fingerprint density at radius 2 is 2.14 bits per heavy atom. The zero-order valence-corrected chi connectivity index (χ0v) is 13.6. The monoisotopic (exact) mass is 320 g/mol. The summed E-state index contributed by atoms with van der Waals surface area (Å²) in [6, 6.07) is 0. The number of methoxy groups -OCH3 is 1. The third-order valence-corrected chi connectivity index (χ3v) is 3.99. The Kier molecular flexibility index (Phi) is 3.53. The van der Waals surface area contributed by atoms with Crippen molar-refractivity contribution in [1.29, 1.82) is 0 Å². The van der Waals surface area contributed by atoms with Gasteiger partial charge in [-0.1, -0.05) is 26.0 Å². The second-order valence-corrected chi connectivity index (χ2v) is 6.72. The molecule has 0 radical (unpaired) electrons. The fraction of sp³-hybridized carbons (Fsp3) is 0.462. The molecule has 0 atom stereocenters. The van der Waals surface area contributed by atoms with E-state index in [1.54, 1.807) is 0 Å². The standard InChI is InChI=1S/C13H16N6O2S/c1-13(2,3)8-5-22-11(15-8)9-10-16-17-19(7-21-4)12(20)18(10)6-14-9/h5-6H,7H2,1-4H3. The molecule has 3 heterocycles. The first-order valence-corrected chi connectivity index (χ1v) is 7.56. The lowest BCUT2D eigenvalue weighted by Crippen LogP contribution is -2.30. The van der Waals surface area contributed by atoms with Crippen LogP contribution in [-0.2, 0) is 16.9 Å². The highest BCUT2D eigenvalue weighted by molar-refractivity contribution is 7.13. The van der Waals surface area contributed by atoms with Crippen LogP contribution in [0.15, 0.2) is 16.5 Å². The van der Waals surface area contributed by atoms with E-state index in [-0.39, 0.29) is 17.8 Å². The van der Waals surface area contributed by atoms with Crippen molar-refractivity contribution >= 4 is 17.0 Å².